The molecule has 0 unspecified atom stereocenters. The predicted molar refractivity (Wildman–Crippen MR) is 64.9 cm³/mol. The van der Waals surface area contributed by atoms with Crippen LogP contribution in [0.5, 0.6) is 0 Å². The van der Waals surface area contributed by atoms with Crippen molar-refractivity contribution in [3.05, 3.63) is 34.3 Å². The van der Waals surface area contributed by atoms with Crippen LogP contribution in [-0.4, -0.2) is 12.1 Å². The number of hydrazone groups is 1. The number of carbonyl (C=O) groups excluding carboxylic acids is 1. The Hall–Kier alpha value is -1.16. The van der Waals surface area contributed by atoms with Crippen LogP contribution in [0.2, 0.25) is 0 Å². The predicted octanol–water partition coefficient (Wildman–Crippen LogP) is 2.82. The lowest BCUT2D eigenvalue weighted by Crippen LogP contribution is -2.17. The molecule has 0 saturated heterocycles. The van der Waals surface area contributed by atoms with Crippen LogP contribution in [0.15, 0.2) is 33.8 Å². The molecule has 0 aliphatic rings. The third-order valence-corrected chi connectivity index (χ3v) is 2.17. The van der Waals surface area contributed by atoms with Gasteiger partial charge in [-0.1, -0.05) is 29.8 Å². The van der Waals surface area contributed by atoms with Crippen molar-refractivity contribution in [1.82, 2.24) is 5.43 Å². The van der Waals surface area contributed by atoms with E-state index in [1.165, 1.54) is 0 Å². The zero-order valence-corrected chi connectivity index (χ0v) is 10.3. The highest BCUT2D eigenvalue weighted by atomic mass is 79.9. The lowest BCUT2D eigenvalue weighted by molar-refractivity contribution is 0.0955. The van der Waals surface area contributed by atoms with Crippen molar-refractivity contribution in [1.29, 1.82) is 0 Å². The molecule has 0 aliphatic heterocycles. The molecule has 0 aliphatic carbocycles. The quantitative estimate of drug-likeness (QED) is 0.665. The van der Waals surface area contributed by atoms with Gasteiger partial charge in [0.15, 0.2) is 0 Å². The average Bonchev–Trinajstić information content (AvgIpc) is 2.18. The van der Waals surface area contributed by atoms with Gasteiger partial charge >= 0.3 is 0 Å². The van der Waals surface area contributed by atoms with E-state index < -0.39 is 0 Å². The van der Waals surface area contributed by atoms with E-state index in [9.17, 15) is 4.79 Å². The van der Waals surface area contributed by atoms with Crippen molar-refractivity contribution in [3.63, 3.8) is 0 Å². The normalized spacial score (nSPS) is 10.9. The Bertz CT molecular complexity index is 357. The van der Waals surface area contributed by atoms with Crippen LogP contribution in [0, 0.1) is 5.92 Å². The number of benzene rings is 1. The molecular formula is C11H13BrN2O. The Labute approximate surface area is 97.7 Å². The fourth-order valence-electron chi connectivity index (χ4n) is 0.911. The molecule has 0 atom stereocenters. The zero-order valence-electron chi connectivity index (χ0n) is 8.70. The Morgan fingerprint density at radius 1 is 1.40 bits per heavy atom. The first-order valence-corrected chi connectivity index (χ1v) is 5.48. The summed E-state index contributed by atoms with van der Waals surface area (Å²) in [7, 11) is 0. The van der Waals surface area contributed by atoms with Gasteiger partial charge < -0.3 is 0 Å². The first-order chi connectivity index (χ1) is 7.09. The fraction of sp³-hybridized carbons (Fsp3) is 0.273. The smallest absolute Gasteiger partial charge is 0.267 e. The second-order valence-electron chi connectivity index (χ2n) is 3.47. The van der Waals surface area contributed by atoms with E-state index in [0.29, 0.717) is 11.5 Å². The molecule has 3 nitrogen and oxygen atoms in total. The van der Waals surface area contributed by atoms with E-state index in [2.05, 4.69) is 26.5 Å². The Balaban J connectivity index is 2.58. The van der Waals surface area contributed by atoms with Gasteiger partial charge in [-0.2, -0.15) is 5.10 Å². The largest absolute Gasteiger partial charge is 0.271 e. The summed E-state index contributed by atoms with van der Waals surface area (Å²) in [6.07, 6.45) is 1.69. The van der Waals surface area contributed by atoms with E-state index in [1.54, 1.807) is 18.3 Å². The monoisotopic (exact) mass is 268 g/mol. The minimum atomic E-state index is -0.195. The summed E-state index contributed by atoms with van der Waals surface area (Å²) in [6, 6.07) is 7.12. The molecule has 0 heterocycles. The van der Waals surface area contributed by atoms with Gasteiger partial charge in [0.2, 0.25) is 0 Å². The fourth-order valence-corrected chi connectivity index (χ4v) is 1.18. The van der Waals surface area contributed by atoms with E-state index in [4.69, 9.17) is 0 Å². The number of amides is 1. The molecule has 1 N–H and O–H groups in total. The van der Waals surface area contributed by atoms with E-state index >= 15 is 0 Å². The number of hydrogen-bond donors (Lipinski definition) is 1. The van der Waals surface area contributed by atoms with Gasteiger partial charge in [-0.25, -0.2) is 5.43 Å². The maximum Gasteiger partial charge on any atom is 0.271 e. The summed E-state index contributed by atoms with van der Waals surface area (Å²) in [5, 5.41) is 3.83. The highest BCUT2D eigenvalue weighted by Crippen LogP contribution is 2.10. The van der Waals surface area contributed by atoms with Gasteiger partial charge in [-0.3, -0.25) is 4.79 Å². The van der Waals surface area contributed by atoms with E-state index in [1.807, 2.05) is 26.0 Å². The van der Waals surface area contributed by atoms with Crippen molar-refractivity contribution in [2.75, 3.05) is 0 Å². The molecule has 1 aromatic carbocycles. The van der Waals surface area contributed by atoms with Crippen LogP contribution in [0.25, 0.3) is 0 Å². The Morgan fingerprint density at radius 3 is 2.53 bits per heavy atom. The minimum Gasteiger partial charge on any atom is -0.267 e. The van der Waals surface area contributed by atoms with Crippen LogP contribution < -0.4 is 5.43 Å². The Kier molecular flexibility index (Phi) is 4.49. The summed E-state index contributed by atoms with van der Waals surface area (Å²) < 4.78 is 0.949. The summed E-state index contributed by atoms with van der Waals surface area (Å²) >= 11 is 3.30. The molecule has 0 spiro atoms. The second kappa shape index (κ2) is 5.66. The average molecular weight is 269 g/mol. The van der Waals surface area contributed by atoms with E-state index in [0.717, 1.165) is 4.47 Å². The highest BCUT2D eigenvalue weighted by Gasteiger charge is 2.02. The third kappa shape index (κ3) is 4.25. The topological polar surface area (TPSA) is 41.5 Å². The first kappa shape index (κ1) is 11.9. The van der Waals surface area contributed by atoms with Gasteiger partial charge in [0.25, 0.3) is 5.91 Å². The zero-order chi connectivity index (χ0) is 11.3. The van der Waals surface area contributed by atoms with Crippen LogP contribution in [0.3, 0.4) is 0 Å². The number of halogens is 1. The molecule has 80 valence electrons. The van der Waals surface area contributed by atoms with Crippen molar-refractivity contribution < 1.29 is 4.79 Å². The molecular weight excluding hydrogens is 256 g/mol. The van der Waals surface area contributed by atoms with Crippen molar-refractivity contribution in [2.45, 2.75) is 13.8 Å². The molecule has 0 aromatic heterocycles. The summed E-state index contributed by atoms with van der Waals surface area (Å²) in [4.78, 5) is 11.5. The number of nitrogens with one attached hydrogen (secondary N) is 1. The SMILES string of the molecule is CC(C)C=NNC(=O)c1ccc(Br)cc1. The molecule has 0 radical (unpaired) electrons. The molecule has 0 fully saturated rings. The van der Waals surface area contributed by atoms with E-state index in [-0.39, 0.29) is 5.91 Å². The highest BCUT2D eigenvalue weighted by molar-refractivity contribution is 9.10. The van der Waals surface area contributed by atoms with Gasteiger partial charge in [-0.05, 0) is 30.2 Å². The van der Waals surface area contributed by atoms with Crippen LogP contribution in [-0.2, 0) is 0 Å². The molecule has 0 bridgehead atoms. The number of carbonyl (C=O) groups is 1. The summed E-state index contributed by atoms with van der Waals surface area (Å²) in [5.74, 6) is 0.134. The molecule has 4 heteroatoms. The van der Waals surface area contributed by atoms with Crippen molar-refractivity contribution in [3.8, 4) is 0 Å². The van der Waals surface area contributed by atoms with Crippen LogP contribution in [0.1, 0.15) is 24.2 Å². The van der Waals surface area contributed by atoms with Gasteiger partial charge in [0.05, 0.1) is 0 Å². The van der Waals surface area contributed by atoms with Gasteiger partial charge in [-0.15, -0.1) is 0 Å². The minimum absolute atomic E-state index is 0.195. The second-order valence-corrected chi connectivity index (χ2v) is 4.39. The number of nitrogens with zero attached hydrogens (tertiary/aromatic N) is 1. The molecule has 15 heavy (non-hydrogen) atoms. The maximum atomic E-state index is 11.5. The molecule has 1 rings (SSSR count). The molecule has 1 aromatic rings. The van der Waals surface area contributed by atoms with Gasteiger partial charge in [0.1, 0.15) is 0 Å². The van der Waals surface area contributed by atoms with Crippen molar-refractivity contribution >= 4 is 28.1 Å². The summed E-state index contributed by atoms with van der Waals surface area (Å²) in [5.41, 5.74) is 3.06. The van der Waals surface area contributed by atoms with Gasteiger partial charge in [0, 0.05) is 16.3 Å². The third-order valence-electron chi connectivity index (χ3n) is 1.65. The number of rotatable bonds is 3. The standard InChI is InChI=1S/C11H13BrN2O/c1-8(2)7-13-14-11(15)9-3-5-10(12)6-4-9/h3-8H,1-2H3,(H,14,15). The lowest BCUT2D eigenvalue weighted by atomic mass is 10.2. The summed E-state index contributed by atoms with van der Waals surface area (Å²) in [6.45, 7) is 3.99. The Morgan fingerprint density at radius 2 is 2.00 bits per heavy atom. The first-order valence-electron chi connectivity index (χ1n) is 4.68. The molecule has 0 saturated carbocycles. The number of hydrogen-bond acceptors (Lipinski definition) is 2. The molecule has 1 amide bonds. The van der Waals surface area contributed by atoms with Crippen LogP contribution in [0.4, 0.5) is 0 Å². The van der Waals surface area contributed by atoms with Crippen LogP contribution >= 0.6 is 15.9 Å². The van der Waals surface area contributed by atoms with Crippen molar-refractivity contribution in [2.24, 2.45) is 11.0 Å². The maximum absolute atomic E-state index is 11.5. The lowest BCUT2D eigenvalue weighted by Gasteiger charge is -2.00.